The molecule has 2 atom stereocenters. The van der Waals surface area contributed by atoms with Crippen molar-refractivity contribution in [3.05, 3.63) is 107 Å². The second-order valence-electron chi connectivity index (χ2n) is 9.50. The summed E-state index contributed by atoms with van der Waals surface area (Å²) in [7, 11) is 0. The summed E-state index contributed by atoms with van der Waals surface area (Å²) in [6.45, 7) is 4.12. The zero-order valence-corrected chi connectivity index (χ0v) is 23.5. The Labute approximate surface area is 237 Å². The van der Waals surface area contributed by atoms with Crippen molar-refractivity contribution >= 4 is 23.6 Å². The predicted molar refractivity (Wildman–Crippen MR) is 156 cm³/mol. The number of amides is 1. The van der Waals surface area contributed by atoms with Crippen LogP contribution in [0.2, 0.25) is 0 Å². The van der Waals surface area contributed by atoms with E-state index in [0.717, 1.165) is 22.3 Å². The molecule has 208 valence electrons. The summed E-state index contributed by atoms with van der Waals surface area (Å²) < 4.78 is 25.3. The van der Waals surface area contributed by atoms with Crippen LogP contribution in [0.1, 0.15) is 46.7 Å². The number of furan rings is 1. The molecule has 1 amide bonds. The molecule has 3 aromatic carbocycles. The van der Waals surface area contributed by atoms with Gasteiger partial charge in [0.05, 0.1) is 6.61 Å². The van der Waals surface area contributed by atoms with E-state index in [9.17, 15) is 19.1 Å². The number of carbonyl (C=O) groups excluding carboxylic acids is 1. The van der Waals surface area contributed by atoms with Crippen molar-refractivity contribution in [1.82, 2.24) is 5.32 Å². The summed E-state index contributed by atoms with van der Waals surface area (Å²) in [5.41, 5.74) is 4.60. The molecular formula is C32H32FNO5S. The molecule has 0 bridgehead atoms. The normalized spacial score (nSPS) is 12.6. The molecule has 0 saturated heterocycles. The SMILES string of the molecule is CSCCC(NC(=O)c1ccc(COC(C)c2ccc(-c3ccc(F)cc3)o2)cc1-c1ccccc1C)C(=O)O. The number of aryl methyl sites for hydroxylation is 1. The first-order valence-corrected chi connectivity index (χ1v) is 14.3. The number of ether oxygens (including phenoxy) is 1. The number of benzene rings is 3. The molecule has 0 saturated carbocycles. The molecule has 4 rings (SSSR count). The molecule has 8 heteroatoms. The fraction of sp³-hybridized carbons (Fsp3) is 0.250. The van der Waals surface area contributed by atoms with Crippen LogP contribution in [0.3, 0.4) is 0 Å². The van der Waals surface area contributed by atoms with Crippen LogP contribution in [0.15, 0.2) is 83.3 Å². The summed E-state index contributed by atoms with van der Waals surface area (Å²) in [4.78, 5) is 25.0. The average molecular weight is 562 g/mol. The first-order valence-electron chi connectivity index (χ1n) is 13.0. The Balaban J connectivity index is 1.54. The van der Waals surface area contributed by atoms with Crippen molar-refractivity contribution in [1.29, 1.82) is 0 Å². The van der Waals surface area contributed by atoms with Gasteiger partial charge in [0.1, 0.15) is 29.5 Å². The number of aliphatic carboxylic acids is 1. The van der Waals surface area contributed by atoms with Crippen LogP contribution in [0.5, 0.6) is 0 Å². The number of rotatable bonds is 12. The van der Waals surface area contributed by atoms with Crippen molar-refractivity contribution in [2.45, 2.75) is 39.0 Å². The Morgan fingerprint density at radius 3 is 2.48 bits per heavy atom. The van der Waals surface area contributed by atoms with Crippen LogP contribution >= 0.6 is 11.8 Å². The fourth-order valence-electron chi connectivity index (χ4n) is 4.35. The number of halogens is 1. The summed E-state index contributed by atoms with van der Waals surface area (Å²) >= 11 is 1.53. The van der Waals surface area contributed by atoms with E-state index < -0.39 is 17.9 Å². The molecular weight excluding hydrogens is 529 g/mol. The maximum absolute atomic E-state index is 13.3. The van der Waals surface area contributed by atoms with Crippen LogP contribution in [0.25, 0.3) is 22.5 Å². The molecule has 2 N–H and O–H groups in total. The average Bonchev–Trinajstić information content (AvgIpc) is 3.45. The van der Waals surface area contributed by atoms with Crippen molar-refractivity contribution in [3.8, 4) is 22.5 Å². The minimum atomic E-state index is -1.06. The molecule has 4 aromatic rings. The van der Waals surface area contributed by atoms with E-state index in [1.165, 1.54) is 23.9 Å². The Hall–Kier alpha value is -3.88. The molecule has 0 spiro atoms. The summed E-state index contributed by atoms with van der Waals surface area (Å²) in [5, 5.41) is 12.3. The third kappa shape index (κ3) is 7.20. The van der Waals surface area contributed by atoms with Gasteiger partial charge in [0.25, 0.3) is 5.91 Å². The Kier molecular flexibility index (Phi) is 9.79. The van der Waals surface area contributed by atoms with Gasteiger partial charge in [-0.15, -0.1) is 0 Å². The van der Waals surface area contributed by atoms with E-state index in [0.29, 0.717) is 34.8 Å². The first kappa shape index (κ1) is 29.1. The van der Waals surface area contributed by atoms with Gasteiger partial charge in [-0.25, -0.2) is 9.18 Å². The third-order valence-electron chi connectivity index (χ3n) is 6.63. The Morgan fingerprint density at radius 1 is 1.02 bits per heavy atom. The van der Waals surface area contributed by atoms with Crippen LogP contribution in [-0.2, 0) is 16.1 Å². The lowest BCUT2D eigenvalue weighted by Gasteiger charge is -2.18. The summed E-state index contributed by atoms with van der Waals surface area (Å²) in [5.74, 6) is 0.0884. The molecule has 2 unspecified atom stereocenters. The third-order valence-corrected chi connectivity index (χ3v) is 7.28. The van der Waals surface area contributed by atoms with Gasteiger partial charge in [-0.05, 0) is 103 Å². The highest BCUT2D eigenvalue weighted by atomic mass is 32.2. The van der Waals surface area contributed by atoms with Crippen LogP contribution in [0, 0.1) is 12.7 Å². The van der Waals surface area contributed by atoms with Gasteiger partial charge in [0.2, 0.25) is 0 Å². The van der Waals surface area contributed by atoms with Crippen LogP contribution in [0.4, 0.5) is 4.39 Å². The number of thioether (sulfide) groups is 1. The number of hydrogen-bond donors (Lipinski definition) is 2. The highest BCUT2D eigenvalue weighted by Crippen LogP contribution is 2.31. The molecule has 0 aliphatic carbocycles. The van der Waals surface area contributed by atoms with E-state index in [4.69, 9.17) is 9.15 Å². The first-order chi connectivity index (χ1) is 19.3. The lowest BCUT2D eigenvalue weighted by molar-refractivity contribution is -0.139. The maximum atomic E-state index is 13.3. The maximum Gasteiger partial charge on any atom is 0.326 e. The smallest absolute Gasteiger partial charge is 0.326 e. The van der Waals surface area contributed by atoms with Crippen molar-refractivity contribution < 1.29 is 28.2 Å². The Bertz CT molecular complexity index is 1470. The minimum absolute atomic E-state index is 0.264. The summed E-state index contributed by atoms with van der Waals surface area (Å²) in [6, 6.07) is 22.0. The van der Waals surface area contributed by atoms with E-state index in [2.05, 4.69) is 5.32 Å². The lowest BCUT2D eigenvalue weighted by Crippen LogP contribution is -2.41. The van der Waals surface area contributed by atoms with Gasteiger partial charge in [-0.1, -0.05) is 30.3 Å². The van der Waals surface area contributed by atoms with Gasteiger partial charge >= 0.3 is 5.97 Å². The highest BCUT2D eigenvalue weighted by molar-refractivity contribution is 7.98. The number of carboxylic acids is 1. The van der Waals surface area contributed by atoms with Crippen LogP contribution in [-0.4, -0.2) is 35.0 Å². The number of hydrogen-bond acceptors (Lipinski definition) is 5. The van der Waals surface area contributed by atoms with Crippen molar-refractivity contribution in [2.75, 3.05) is 12.0 Å². The molecule has 0 radical (unpaired) electrons. The lowest BCUT2D eigenvalue weighted by atomic mass is 9.93. The summed E-state index contributed by atoms with van der Waals surface area (Å²) in [6.07, 6.45) is 1.88. The van der Waals surface area contributed by atoms with Crippen molar-refractivity contribution in [2.24, 2.45) is 0 Å². The zero-order chi connectivity index (χ0) is 28.6. The zero-order valence-electron chi connectivity index (χ0n) is 22.6. The van der Waals surface area contributed by atoms with Gasteiger partial charge in [-0.3, -0.25) is 4.79 Å². The van der Waals surface area contributed by atoms with Gasteiger partial charge in [0.15, 0.2) is 0 Å². The van der Waals surface area contributed by atoms with E-state index in [-0.39, 0.29) is 18.5 Å². The second kappa shape index (κ2) is 13.5. The fourth-order valence-corrected chi connectivity index (χ4v) is 4.82. The second-order valence-corrected chi connectivity index (χ2v) is 10.5. The van der Waals surface area contributed by atoms with Crippen LogP contribution < -0.4 is 5.32 Å². The predicted octanol–water partition coefficient (Wildman–Crippen LogP) is 7.28. The number of carboxylic acid groups (broad SMARTS) is 1. The molecule has 0 aliphatic rings. The molecule has 1 aromatic heterocycles. The molecule has 0 fully saturated rings. The monoisotopic (exact) mass is 561 g/mol. The standard InChI is InChI=1S/C32H32FNO5S/c1-20-6-4-5-7-25(20)27-18-22(8-13-26(27)31(35)34-28(32(36)37)16-17-40-3)19-38-21(2)29-14-15-30(39-29)23-9-11-24(33)12-10-23/h4-15,18,21,28H,16-17,19H2,1-3H3,(H,34,35)(H,36,37). The highest BCUT2D eigenvalue weighted by Gasteiger charge is 2.23. The van der Waals surface area contributed by atoms with E-state index in [1.54, 1.807) is 18.2 Å². The van der Waals surface area contributed by atoms with Gasteiger partial charge < -0.3 is 19.6 Å². The van der Waals surface area contributed by atoms with Crippen molar-refractivity contribution in [3.63, 3.8) is 0 Å². The number of carbonyl (C=O) groups is 2. The minimum Gasteiger partial charge on any atom is -0.480 e. The molecule has 1 heterocycles. The molecule has 40 heavy (non-hydrogen) atoms. The molecule has 6 nitrogen and oxygen atoms in total. The van der Waals surface area contributed by atoms with E-state index in [1.807, 2.05) is 68.6 Å². The van der Waals surface area contributed by atoms with E-state index >= 15 is 0 Å². The Morgan fingerprint density at radius 2 is 1.77 bits per heavy atom. The van der Waals surface area contributed by atoms with Gasteiger partial charge in [0, 0.05) is 11.1 Å². The topological polar surface area (TPSA) is 88.8 Å². The number of nitrogens with one attached hydrogen (secondary N) is 1. The largest absolute Gasteiger partial charge is 0.480 e. The quantitative estimate of drug-likeness (QED) is 0.189. The molecule has 0 aliphatic heterocycles. The van der Waals surface area contributed by atoms with Gasteiger partial charge in [-0.2, -0.15) is 11.8 Å².